The minimum atomic E-state index is -0.127. The molecule has 0 aromatic heterocycles. The molecule has 1 aliphatic carbocycles. The van der Waals surface area contributed by atoms with Crippen molar-refractivity contribution in [2.45, 2.75) is 38.9 Å². The Kier molecular flexibility index (Phi) is 1.95. The maximum absolute atomic E-state index is 11.6. The number of Topliss-reactive ketones (excluding diaryl/α,β-unsaturated/α-hetero) is 1. The highest BCUT2D eigenvalue weighted by Gasteiger charge is 2.50. The third-order valence-electron chi connectivity index (χ3n) is 2.48. The molecule has 1 atom stereocenters. The van der Waals surface area contributed by atoms with Crippen LogP contribution in [-0.4, -0.2) is 10.6 Å². The van der Waals surface area contributed by atoms with Crippen LogP contribution < -0.4 is 0 Å². The van der Waals surface area contributed by atoms with Gasteiger partial charge < -0.3 is 0 Å². The Hall–Kier alpha value is 0.150. The van der Waals surface area contributed by atoms with Crippen LogP contribution in [-0.2, 0) is 4.79 Å². The van der Waals surface area contributed by atoms with Gasteiger partial charge in [-0.2, -0.15) is 0 Å². The number of ketones is 1. The van der Waals surface area contributed by atoms with Gasteiger partial charge in [-0.3, -0.25) is 4.79 Å². The number of halogens is 1. The zero-order chi connectivity index (χ0) is 8.86. The molecule has 11 heavy (non-hydrogen) atoms. The number of rotatable bonds is 0. The Balaban J connectivity index is 2.96. The summed E-state index contributed by atoms with van der Waals surface area (Å²) in [5.74, 6) is 0.350. The lowest BCUT2D eigenvalue weighted by Crippen LogP contribution is -2.24. The first-order chi connectivity index (χ1) is 4.77. The van der Waals surface area contributed by atoms with Crippen LogP contribution in [0, 0.1) is 10.8 Å². The van der Waals surface area contributed by atoms with Gasteiger partial charge in [-0.05, 0) is 11.8 Å². The second kappa shape index (κ2) is 2.32. The van der Waals surface area contributed by atoms with E-state index in [9.17, 15) is 4.79 Å². The molecule has 1 rings (SSSR count). The molecule has 1 saturated carbocycles. The van der Waals surface area contributed by atoms with Gasteiger partial charge in [-0.1, -0.05) is 43.6 Å². The van der Waals surface area contributed by atoms with Crippen molar-refractivity contribution in [1.82, 2.24) is 0 Å². The van der Waals surface area contributed by atoms with Crippen molar-refractivity contribution in [3.8, 4) is 0 Å². The first-order valence-electron chi connectivity index (χ1n) is 3.96. The third kappa shape index (κ3) is 1.37. The quantitative estimate of drug-likeness (QED) is 0.572. The highest BCUT2D eigenvalue weighted by Crippen LogP contribution is 2.49. The van der Waals surface area contributed by atoms with Crippen molar-refractivity contribution in [2.75, 3.05) is 0 Å². The molecule has 1 nitrogen and oxygen atoms in total. The fraction of sp³-hybridized carbons (Fsp3) is 0.889. The molecule has 0 aromatic rings. The molecule has 0 bridgehead atoms. The van der Waals surface area contributed by atoms with Gasteiger partial charge >= 0.3 is 0 Å². The van der Waals surface area contributed by atoms with E-state index in [-0.39, 0.29) is 15.7 Å². The van der Waals surface area contributed by atoms with Crippen molar-refractivity contribution in [1.29, 1.82) is 0 Å². The Labute approximate surface area is 76.7 Å². The van der Waals surface area contributed by atoms with Crippen molar-refractivity contribution >= 4 is 21.7 Å². The molecule has 1 aliphatic rings. The fourth-order valence-electron chi connectivity index (χ4n) is 2.01. The van der Waals surface area contributed by atoms with E-state index in [1.807, 2.05) is 13.8 Å². The van der Waals surface area contributed by atoms with Crippen LogP contribution >= 0.6 is 15.9 Å². The van der Waals surface area contributed by atoms with Gasteiger partial charge in [0.1, 0.15) is 0 Å². The van der Waals surface area contributed by atoms with E-state index in [0.717, 1.165) is 6.42 Å². The average Bonchev–Trinajstić information content (AvgIpc) is 1.91. The first-order valence-corrected chi connectivity index (χ1v) is 4.87. The molecular weight excluding hydrogens is 204 g/mol. The van der Waals surface area contributed by atoms with Crippen molar-refractivity contribution in [2.24, 2.45) is 10.8 Å². The zero-order valence-electron chi connectivity index (χ0n) is 7.57. The van der Waals surface area contributed by atoms with Crippen LogP contribution in [0.15, 0.2) is 0 Å². The lowest BCUT2D eigenvalue weighted by atomic mass is 9.85. The van der Waals surface area contributed by atoms with Crippen molar-refractivity contribution in [3.63, 3.8) is 0 Å². The summed E-state index contributed by atoms with van der Waals surface area (Å²) in [5.41, 5.74) is -0.00174. The van der Waals surface area contributed by atoms with Crippen molar-refractivity contribution in [3.05, 3.63) is 0 Å². The predicted octanol–water partition coefficient (Wildman–Crippen LogP) is 2.78. The second-order valence-electron chi connectivity index (χ2n) is 4.78. The smallest absolute Gasteiger partial charge is 0.152 e. The number of hydrogen-bond donors (Lipinski definition) is 0. The fourth-order valence-corrected chi connectivity index (χ4v) is 2.80. The zero-order valence-corrected chi connectivity index (χ0v) is 9.16. The van der Waals surface area contributed by atoms with Gasteiger partial charge in [0.15, 0.2) is 5.78 Å². The van der Waals surface area contributed by atoms with Crippen molar-refractivity contribution < 1.29 is 4.79 Å². The standard InChI is InChI=1S/C9H15BrO/c1-8(2)5-9(3,4)7(11)6(8)10/h6H,5H2,1-4H3. The van der Waals surface area contributed by atoms with Gasteiger partial charge in [0.2, 0.25) is 0 Å². The van der Waals surface area contributed by atoms with E-state index >= 15 is 0 Å². The lowest BCUT2D eigenvalue weighted by Gasteiger charge is -2.21. The molecule has 1 unspecified atom stereocenters. The highest BCUT2D eigenvalue weighted by atomic mass is 79.9. The van der Waals surface area contributed by atoms with E-state index in [1.54, 1.807) is 0 Å². The summed E-state index contributed by atoms with van der Waals surface area (Å²) in [6, 6.07) is 0. The number of carbonyl (C=O) groups excluding carboxylic acids is 1. The van der Waals surface area contributed by atoms with Crippen LogP contribution in [0.5, 0.6) is 0 Å². The molecule has 0 heterocycles. The maximum atomic E-state index is 11.6. The Morgan fingerprint density at radius 2 is 1.82 bits per heavy atom. The van der Waals surface area contributed by atoms with Gasteiger partial charge in [0, 0.05) is 5.41 Å². The average molecular weight is 219 g/mol. The van der Waals surface area contributed by atoms with Crippen LogP contribution in [0.1, 0.15) is 34.1 Å². The van der Waals surface area contributed by atoms with E-state index in [0.29, 0.717) is 5.78 Å². The van der Waals surface area contributed by atoms with Gasteiger partial charge in [0.25, 0.3) is 0 Å². The summed E-state index contributed by atoms with van der Waals surface area (Å²) in [7, 11) is 0. The summed E-state index contributed by atoms with van der Waals surface area (Å²) in [6.45, 7) is 8.33. The lowest BCUT2D eigenvalue weighted by molar-refractivity contribution is -0.123. The molecule has 0 aliphatic heterocycles. The summed E-state index contributed by atoms with van der Waals surface area (Å²) in [6.07, 6.45) is 0.981. The molecule has 0 saturated heterocycles. The van der Waals surface area contributed by atoms with Gasteiger partial charge in [-0.15, -0.1) is 0 Å². The second-order valence-corrected chi connectivity index (χ2v) is 5.69. The Morgan fingerprint density at radius 1 is 1.36 bits per heavy atom. The number of carbonyl (C=O) groups is 1. The molecule has 64 valence electrons. The Morgan fingerprint density at radius 3 is 1.91 bits per heavy atom. The minimum Gasteiger partial charge on any atom is -0.298 e. The largest absolute Gasteiger partial charge is 0.298 e. The molecule has 0 radical (unpaired) electrons. The summed E-state index contributed by atoms with van der Waals surface area (Å²) in [5, 5.41) is 0. The third-order valence-corrected chi connectivity index (χ3v) is 4.14. The molecular formula is C9H15BrO. The molecule has 0 aromatic carbocycles. The van der Waals surface area contributed by atoms with E-state index in [4.69, 9.17) is 0 Å². The number of hydrogen-bond acceptors (Lipinski definition) is 1. The van der Waals surface area contributed by atoms with E-state index in [1.165, 1.54) is 0 Å². The molecule has 0 spiro atoms. The predicted molar refractivity (Wildman–Crippen MR) is 49.9 cm³/mol. The summed E-state index contributed by atoms with van der Waals surface area (Å²) in [4.78, 5) is 11.6. The summed E-state index contributed by atoms with van der Waals surface area (Å²) >= 11 is 3.45. The minimum absolute atomic E-state index is 0.0463. The molecule has 0 N–H and O–H groups in total. The highest BCUT2D eigenvalue weighted by molar-refractivity contribution is 9.10. The molecule has 1 fully saturated rings. The van der Waals surface area contributed by atoms with Crippen LogP contribution in [0.4, 0.5) is 0 Å². The van der Waals surface area contributed by atoms with E-state index < -0.39 is 0 Å². The SMILES string of the molecule is CC1(C)CC(C)(C)C(Br)C1=O. The van der Waals surface area contributed by atoms with Crippen LogP contribution in [0.2, 0.25) is 0 Å². The van der Waals surface area contributed by atoms with Gasteiger partial charge in [0.05, 0.1) is 4.83 Å². The monoisotopic (exact) mass is 218 g/mol. The van der Waals surface area contributed by atoms with Crippen LogP contribution in [0.3, 0.4) is 0 Å². The summed E-state index contributed by atoms with van der Waals surface area (Å²) < 4.78 is 0. The molecule has 0 amide bonds. The topological polar surface area (TPSA) is 17.1 Å². The maximum Gasteiger partial charge on any atom is 0.152 e. The van der Waals surface area contributed by atoms with E-state index in [2.05, 4.69) is 29.8 Å². The normalized spacial score (nSPS) is 34.3. The Bertz CT molecular complexity index is 194. The number of alkyl halides is 1. The first kappa shape index (κ1) is 9.24. The van der Waals surface area contributed by atoms with Crippen LogP contribution in [0.25, 0.3) is 0 Å². The van der Waals surface area contributed by atoms with Gasteiger partial charge in [-0.25, -0.2) is 0 Å². The molecule has 2 heteroatoms.